The van der Waals surface area contributed by atoms with Crippen molar-refractivity contribution in [3.05, 3.63) is 47.0 Å². The summed E-state index contributed by atoms with van der Waals surface area (Å²) in [6.45, 7) is 4.34. The van der Waals surface area contributed by atoms with Gasteiger partial charge in [0.15, 0.2) is 0 Å². The number of aliphatic hydroxyl groups is 1. The van der Waals surface area contributed by atoms with Crippen LogP contribution in [0.5, 0.6) is 0 Å². The summed E-state index contributed by atoms with van der Waals surface area (Å²) in [4.78, 5) is 6.56. The van der Waals surface area contributed by atoms with Crippen LogP contribution < -0.4 is 4.90 Å². The van der Waals surface area contributed by atoms with E-state index in [2.05, 4.69) is 14.5 Å². The van der Waals surface area contributed by atoms with Crippen LogP contribution in [0, 0.1) is 0 Å². The number of aromatic nitrogens is 2. The first kappa shape index (κ1) is 12.5. The van der Waals surface area contributed by atoms with Crippen LogP contribution >= 0.6 is 11.6 Å². The molecule has 3 rings (SSSR count). The lowest BCUT2D eigenvalue weighted by atomic mass is 10.1. The predicted molar refractivity (Wildman–Crippen MR) is 75.4 cm³/mol. The van der Waals surface area contributed by atoms with E-state index in [1.54, 1.807) is 6.92 Å². The van der Waals surface area contributed by atoms with Crippen molar-refractivity contribution in [2.75, 3.05) is 11.4 Å². The Morgan fingerprint density at radius 2 is 2.21 bits per heavy atom. The van der Waals surface area contributed by atoms with Gasteiger partial charge < -0.3 is 14.6 Å². The fourth-order valence-corrected chi connectivity index (χ4v) is 2.73. The molecule has 19 heavy (non-hydrogen) atoms. The van der Waals surface area contributed by atoms with Crippen molar-refractivity contribution in [2.45, 2.75) is 26.1 Å². The summed E-state index contributed by atoms with van der Waals surface area (Å²) in [5.41, 5.74) is 1.84. The standard InChI is InChI=1S/C14H16ClN3O/c1-10(19)11-2-3-13(12(15)8-11)18-7-6-17-5-4-16-14(17)9-18/h2-5,8,10,19H,6-7,9H2,1H3. The first-order valence-electron chi connectivity index (χ1n) is 6.37. The fraction of sp³-hybridized carbons (Fsp3) is 0.357. The highest BCUT2D eigenvalue weighted by Crippen LogP contribution is 2.31. The molecule has 0 fully saturated rings. The van der Waals surface area contributed by atoms with E-state index < -0.39 is 6.10 Å². The number of hydrogen-bond donors (Lipinski definition) is 1. The summed E-state index contributed by atoms with van der Waals surface area (Å²) >= 11 is 6.33. The zero-order valence-corrected chi connectivity index (χ0v) is 11.5. The number of anilines is 1. The molecule has 0 bridgehead atoms. The highest BCUT2D eigenvalue weighted by Gasteiger charge is 2.19. The number of hydrogen-bond acceptors (Lipinski definition) is 3. The van der Waals surface area contributed by atoms with Gasteiger partial charge in [-0.25, -0.2) is 4.98 Å². The number of halogens is 1. The van der Waals surface area contributed by atoms with Crippen molar-refractivity contribution < 1.29 is 5.11 Å². The largest absolute Gasteiger partial charge is 0.389 e. The number of fused-ring (bicyclic) bond motifs is 1. The van der Waals surface area contributed by atoms with Crippen LogP contribution in [0.3, 0.4) is 0 Å². The fourth-order valence-electron chi connectivity index (χ4n) is 2.42. The minimum Gasteiger partial charge on any atom is -0.389 e. The Kier molecular flexibility index (Phi) is 3.21. The highest BCUT2D eigenvalue weighted by atomic mass is 35.5. The van der Waals surface area contributed by atoms with Crippen LogP contribution in [0.25, 0.3) is 0 Å². The van der Waals surface area contributed by atoms with Gasteiger partial charge >= 0.3 is 0 Å². The van der Waals surface area contributed by atoms with E-state index in [4.69, 9.17) is 11.6 Å². The lowest BCUT2D eigenvalue weighted by Crippen LogP contribution is -2.33. The number of benzene rings is 1. The van der Waals surface area contributed by atoms with Gasteiger partial charge in [-0.2, -0.15) is 0 Å². The molecule has 2 heterocycles. The van der Waals surface area contributed by atoms with Gasteiger partial charge in [0, 0.05) is 25.5 Å². The van der Waals surface area contributed by atoms with Crippen molar-refractivity contribution in [1.82, 2.24) is 9.55 Å². The van der Waals surface area contributed by atoms with Crippen LogP contribution in [0.1, 0.15) is 24.4 Å². The second kappa shape index (κ2) is 4.87. The summed E-state index contributed by atoms with van der Waals surface area (Å²) < 4.78 is 2.16. The molecule has 2 aromatic rings. The Hall–Kier alpha value is -1.52. The van der Waals surface area contributed by atoms with Crippen LogP contribution in [-0.2, 0) is 13.1 Å². The molecule has 1 aliphatic heterocycles. The quantitative estimate of drug-likeness (QED) is 0.917. The molecule has 1 aromatic carbocycles. The summed E-state index contributed by atoms with van der Waals surface area (Å²) in [7, 11) is 0. The van der Waals surface area contributed by atoms with Gasteiger partial charge in [-0.05, 0) is 24.6 Å². The molecule has 1 unspecified atom stereocenters. The Bertz CT molecular complexity index is 594. The van der Waals surface area contributed by atoms with E-state index in [1.165, 1.54) is 0 Å². The molecule has 0 radical (unpaired) electrons. The molecular formula is C14H16ClN3O. The van der Waals surface area contributed by atoms with E-state index in [-0.39, 0.29) is 0 Å². The van der Waals surface area contributed by atoms with Crippen molar-refractivity contribution >= 4 is 17.3 Å². The van der Waals surface area contributed by atoms with E-state index in [0.29, 0.717) is 5.02 Å². The van der Waals surface area contributed by atoms with Crippen molar-refractivity contribution in [3.63, 3.8) is 0 Å². The zero-order chi connectivity index (χ0) is 13.4. The van der Waals surface area contributed by atoms with Crippen molar-refractivity contribution in [1.29, 1.82) is 0 Å². The van der Waals surface area contributed by atoms with Gasteiger partial charge in [-0.3, -0.25) is 0 Å². The molecule has 100 valence electrons. The van der Waals surface area contributed by atoms with Crippen LogP contribution in [-0.4, -0.2) is 21.2 Å². The molecular weight excluding hydrogens is 262 g/mol. The monoisotopic (exact) mass is 277 g/mol. The van der Waals surface area contributed by atoms with Crippen molar-refractivity contribution in [3.8, 4) is 0 Å². The van der Waals surface area contributed by atoms with E-state index in [1.807, 2.05) is 30.6 Å². The molecule has 0 amide bonds. The molecule has 1 N–H and O–H groups in total. The third-order valence-electron chi connectivity index (χ3n) is 3.54. The summed E-state index contributed by atoms with van der Waals surface area (Å²) in [6, 6.07) is 5.73. The summed E-state index contributed by atoms with van der Waals surface area (Å²) in [5.74, 6) is 1.06. The molecule has 5 heteroatoms. The van der Waals surface area contributed by atoms with Gasteiger partial charge in [0.25, 0.3) is 0 Å². The average molecular weight is 278 g/mol. The maximum atomic E-state index is 9.57. The molecule has 1 aliphatic rings. The Morgan fingerprint density at radius 3 is 2.95 bits per heavy atom. The topological polar surface area (TPSA) is 41.3 Å². The zero-order valence-electron chi connectivity index (χ0n) is 10.8. The smallest absolute Gasteiger partial charge is 0.128 e. The Labute approximate surface area is 117 Å². The van der Waals surface area contributed by atoms with Gasteiger partial charge in [-0.1, -0.05) is 17.7 Å². The maximum Gasteiger partial charge on any atom is 0.128 e. The molecule has 1 atom stereocenters. The maximum absolute atomic E-state index is 9.57. The van der Waals surface area contributed by atoms with Crippen LogP contribution in [0.4, 0.5) is 5.69 Å². The number of nitrogens with zero attached hydrogens (tertiary/aromatic N) is 3. The number of aliphatic hydroxyl groups excluding tert-OH is 1. The van der Waals surface area contributed by atoms with E-state index >= 15 is 0 Å². The Balaban J connectivity index is 1.88. The van der Waals surface area contributed by atoms with Gasteiger partial charge in [0.1, 0.15) is 5.82 Å². The molecule has 0 aliphatic carbocycles. The molecule has 1 aromatic heterocycles. The third kappa shape index (κ3) is 2.33. The van der Waals surface area contributed by atoms with Crippen LogP contribution in [0.2, 0.25) is 5.02 Å². The molecule has 0 saturated heterocycles. The van der Waals surface area contributed by atoms with E-state index in [0.717, 1.165) is 36.7 Å². The predicted octanol–water partition coefficient (Wildman–Crippen LogP) is 2.61. The van der Waals surface area contributed by atoms with E-state index in [9.17, 15) is 5.11 Å². The van der Waals surface area contributed by atoms with Gasteiger partial charge in [0.05, 0.1) is 23.4 Å². The second-order valence-corrected chi connectivity index (χ2v) is 5.25. The number of imidazole rings is 1. The average Bonchev–Trinajstić information content (AvgIpc) is 2.85. The highest BCUT2D eigenvalue weighted by molar-refractivity contribution is 6.33. The SMILES string of the molecule is CC(O)c1ccc(N2CCn3ccnc3C2)c(Cl)c1. The minimum absolute atomic E-state index is 0.494. The van der Waals surface area contributed by atoms with Crippen molar-refractivity contribution in [2.24, 2.45) is 0 Å². The summed E-state index contributed by atoms with van der Waals surface area (Å²) in [6.07, 6.45) is 3.34. The van der Waals surface area contributed by atoms with Gasteiger partial charge in [-0.15, -0.1) is 0 Å². The lowest BCUT2D eigenvalue weighted by Gasteiger charge is -2.30. The first-order chi connectivity index (χ1) is 9.15. The van der Waals surface area contributed by atoms with Gasteiger partial charge in [0.2, 0.25) is 0 Å². The Morgan fingerprint density at radius 1 is 1.37 bits per heavy atom. The lowest BCUT2D eigenvalue weighted by molar-refractivity contribution is 0.199. The summed E-state index contributed by atoms with van der Waals surface area (Å²) in [5, 5.41) is 10.2. The normalized spacial score (nSPS) is 16.3. The van der Waals surface area contributed by atoms with Crippen LogP contribution in [0.15, 0.2) is 30.6 Å². The molecule has 0 spiro atoms. The molecule has 4 nitrogen and oxygen atoms in total. The molecule has 0 saturated carbocycles. The minimum atomic E-state index is -0.494. The first-order valence-corrected chi connectivity index (χ1v) is 6.75. The number of rotatable bonds is 2. The second-order valence-electron chi connectivity index (χ2n) is 4.85. The third-order valence-corrected chi connectivity index (χ3v) is 3.84.